The summed E-state index contributed by atoms with van der Waals surface area (Å²) in [6.45, 7) is 6.32. The molecule has 0 aliphatic heterocycles. The number of hydrogen-bond donors (Lipinski definition) is 2. The van der Waals surface area contributed by atoms with Crippen molar-refractivity contribution in [3.63, 3.8) is 0 Å². The minimum absolute atomic E-state index is 0. The zero-order valence-corrected chi connectivity index (χ0v) is 21.5. The Morgan fingerprint density at radius 3 is 2.63 bits per heavy atom. The van der Waals surface area contributed by atoms with Crippen LogP contribution in [0.15, 0.2) is 57.7 Å². The highest BCUT2D eigenvalue weighted by atomic mass is 127. The lowest BCUT2D eigenvalue weighted by molar-refractivity contribution is 0.745. The maximum Gasteiger partial charge on any atom is 0.191 e. The highest BCUT2D eigenvalue weighted by Gasteiger charge is 2.08. The van der Waals surface area contributed by atoms with Crippen LogP contribution in [0.1, 0.15) is 23.4 Å². The number of thioether (sulfide) groups is 1. The zero-order chi connectivity index (χ0) is 20.5. The Morgan fingerprint density at radius 2 is 1.97 bits per heavy atom. The number of aryl methyl sites for hydroxylation is 1. The lowest BCUT2D eigenvalue weighted by Gasteiger charge is -2.16. The van der Waals surface area contributed by atoms with Crippen LogP contribution in [0, 0.1) is 6.92 Å². The van der Waals surface area contributed by atoms with Gasteiger partial charge in [0.05, 0.1) is 0 Å². The smallest absolute Gasteiger partial charge is 0.191 e. The van der Waals surface area contributed by atoms with E-state index in [1.165, 1.54) is 9.77 Å². The number of halogens is 1. The van der Waals surface area contributed by atoms with Crippen molar-refractivity contribution in [2.75, 3.05) is 13.1 Å². The van der Waals surface area contributed by atoms with E-state index >= 15 is 0 Å². The van der Waals surface area contributed by atoms with Gasteiger partial charge in [0.1, 0.15) is 12.4 Å². The van der Waals surface area contributed by atoms with E-state index in [4.69, 9.17) is 4.99 Å². The molecule has 3 aromatic rings. The van der Waals surface area contributed by atoms with E-state index in [0.29, 0.717) is 11.8 Å². The number of rotatable bonds is 9. The van der Waals surface area contributed by atoms with Crippen LogP contribution < -0.4 is 10.6 Å². The summed E-state index contributed by atoms with van der Waals surface area (Å²) in [5, 5.41) is 17.8. The van der Waals surface area contributed by atoms with Crippen molar-refractivity contribution < 1.29 is 0 Å². The molecular weight excluding hydrogens is 527 g/mol. The van der Waals surface area contributed by atoms with Crippen molar-refractivity contribution in [2.45, 2.75) is 37.0 Å². The van der Waals surface area contributed by atoms with Crippen LogP contribution in [0.4, 0.5) is 0 Å². The number of guanidine groups is 1. The van der Waals surface area contributed by atoms with Gasteiger partial charge in [-0.3, -0.25) is 0 Å². The van der Waals surface area contributed by atoms with E-state index in [-0.39, 0.29) is 24.0 Å². The van der Waals surface area contributed by atoms with E-state index in [1.54, 1.807) is 11.3 Å². The summed E-state index contributed by atoms with van der Waals surface area (Å²) in [6.07, 6.45) is 0.982. The third kappa shape index (κ3) is 7.92. The largest absolute Gasteiger partial charge is 0.356 e. The number of hydrogen-bond acceptors (Lipinski definition) is 5. The van der Waals surface area contributed by atoms with Gasteiger partial charge in [0.15, 0.2) is 11.8 Å². The molecule has 2 N–H and O–H groups in total. The maximum atomic E-state index is 4.73. The van der Waals surface area contributed by atoms with Crippen LogP contribution in [0.2, 0.25) is 0 Å². The monoisotopic (exact) mass is 556 g/mol. The van der Waals surface area contributed by atoms with Crippen molar-refractivity contribution in [1.29, 1.82) is 0 Å². The second-order valence-electron chi connectivity index (χ2n) is 6.77. The lowest BCUT2D eigenvalue weighted by Crippen LogP contribution is -2.41. The molecule has 0 saturated heterocycles. The first kappa shape index (κ1) is 24.7. The van der Waals surface area contributed by atoms with Crippen molar-refractivity contribution in [1.82, 2.24) is 25.4 Å². The van der Waals surface area contributed by atoms with Crippen LogP contribution in [-0.4, -0.2) is 39.1 Å². The molecule has 0 bridgehead atoms. The molecule has 0 amide bonds. The highest BCUT2D eigenvalue weighted by molar-refractivity contribution is 14.0. The van der Waals surface area contributed by atoms with Gasteiger partial charge < -0.3 is 15.2 Å². The van der Waals surface area contributed by atoms with Crippen LogP contribution >= 0.6 is 47.1 Å². The number of aromatic nitrogens is 3. The maximum absolute atomic E-state index is 4.73. The molecule has 0 spiro atoms. The topological polar surface area (TPSA) is 67.1 Å². The second-order valence-corrected chi connectivity index (χ2v) is 9.31. The average Bonchev–Trinajstić information content (AvgIpc) is 3.35. The van der Waals surface area contributed by atoms with Crippen molar-refractivity contribution in [2.24, 2.45) is 12.0 Å². The lowest BCUT2D eigenvalue weighted by atomic mass is 10.3. The first-order valence-corrected chi connectivity index (χ1v) is 11.5. The molecule has 3 rings (SSSR count). The van der Waals surface area contributed by atoms with Gasteiger partial charge in [-0.25, -0.2) is 4.99 Å². The summed E-state index contributed by atoms with van der Waals surface area (Å²) in [7, 11) is 1.97. The molecular formula is C21H29IN6S2. The van der Waals surface area contributed by atoms with Crippen LogP contribution in [-0.2, 0) is 20.0 Å². The molecule has 0 fully saturated rings. The Bertz CT molecular complexity index is 896. The number of nitrogens with one attached hydrogen (secondary N) is 2. The van der Waals surface area contributed by atoms with Gasteiger partial charge in [0.25, 0.3) is 0 Å². The fraction of sp³-hybridized carbons (Fsp3) is 0.381. The standard InChI is InChI=1S/C21H28N6S2.HI/c1-16(29-19-8-5-4-6-9-19)14-23-21(22-12-11-18-10-7-13-28-18)24-15-20-26-25-17(2)27(20)3;/h4-10,13,16H,11-12,14-15H2,1-3H3,(H2,22,23,24);1H. The van der Waals surface area contributed by atoms with E-state index in [2.05, 4.69) is 69.5 Å². The number of benzene rings is 1. The molecule has 0 radical (unpaired) electrons. The average molecular weight is 557 g/mol. The van der Waals surface area contributed by atoms with Gasteiger partial charge in [-0.2, -0.15) is 0 Å². The fourth-order valence-electron chi connectivity index (χ4n) is 2.69. The summed E-state index contributed by atoms with van der Waals surface area (Å²) in [4.78, 5) is 7.38. The Labute approximate surface area is 204 Å². The molecule has 0 aliphatic rings. The predicted molar refractivity (Wildman–Crippen MR) is 138 cm³/mol. The summed E-state index contributed by atoms with van der Waals surface area (Å²) >= 11 is 3.64. The van der Waals surface area contributed by atoms with Crippen LogP contribution in [0.5, 0.6) is 0 Å². The summed E-state index contributed by atoms with van der Waals surface area (Å²) in [5.41, 5.74) is 0. The van der Waals surface area contributed by atoms with Gasteiger partial charge in [-0.05, 0) is 36.9 Å². The first-order chi connectivity index (χ1) is 14.1. The number of thiophene rings is 1. The third-order valence-corrected chi connectivity index (χ3v) is 6.49. The molecule has 1 aromatic carbocycles. The van der Waals surface area contributed by atoms with E-state index < -0.39 is 0 Å². The molecule has 2 heterocycles. The van der Waals surface area contributed by atoms with Crippen LogP contribution in [0.3, 0.4) is 0 Å². The molecule has 9 heteroatoms. The van der Waals surface area contributed by atoms with Crippen molar-refractivity contribution in [3.8, 4) is 0 Å². The van der Waals surface area contributed by atoms with Gasteiger partial charge in [0, 0.05) is 35.2 Å². The second kappa shape index (κ2) is 13.0. The van der Waals surface area contributed by atoms with E-state index in [0.717, 1.165) is 37.1 Å². The summed E-state index contributed by atoms with van der Waals surface area (Å²) < 4.78 is 1.97. The van der Waals surface area contributed by atoms with Gasteiger partial charge in [-0.1, -0.05) is 31.2 Å². The third-order valence-electron chi connectivity index (χ3n) is 4.44. The molecule has 6 nitrogen and oxygen atoms in total. The van der Waals surface area contributed by atoms with Crippen LogP contribution in [0.25, 0.3) is 0 Å². The fourth-order valence-corrected chi connectivity index (χ4v) is 4.34. The van der Waals surface area contributed by atoms with Crippen molar-refractivity contribution in [3.05, 3.63) is 64.4 Å². The van der Waals surface area contributed by atoms with Gasteiger partial charge in [-0.15, -0.1) is 57.3 Å². The molecule has 0 saturated carbocycles. The molecule has 0 aliphatic carbocycles. The van der Waals surface area contributed by atoms with Gasteiger partial charge in [0.2, 0.25) is 0 Å². The molecule has 162 valence electrons. The van der Waals surface area contributed by atoms with E-state index in [9.17, 15) is 0 Å². The van der Waals surface area contributed by atoms with Gasteiger partial charge >= 0.3 is 0 Å². The Balaban J connectivity index is 0.00000320. The molecule has 2 aromatic heterocycles. The SMILES string of the molecule is Cc1nnc(CN=C(NCCc2cccs2)NCC(C)Sc2ccccc2)n1C.I. The minimum Gasteiger partial charge on any atom is -0.356 e. The normalized spacial score (nSPS) is 12.3. The molecule has 1 unspecified atom stereocenters. The minimum atomic E-state index is 0. The summed E-state index contributed by atoms with van der Waals surface area (Å²) in [5.74, 6) is 2.56. The number of aliphatic imine (C=N–C) groups is 1. The Morgan fingerprint density at radius 1 is 1.17 bits per heavy atom. The highest BCUT2D eigenvalue weighted by Crippen LogP contribution is 2.21. The Kier molecular flexibility index (Phi) is 10.7. The van der Waals surface area contributed by atoms with Crippen molar-refractivity contribution >= 4 is 53.0 Å². The quantitative estimate of drug-likeness (QED) is 0.179. The van der Waals surface area contributed by atoms with E-state index in [1.807, 2.05) is 36.4 Å². The first-order valence-electron chi connectivity index (χ1n) is 9.73. The molecule has 1 atom stereocenters. The molecule has 30 heavy (non-hydrogen) atoms. The summed E-state index contributed by atoms with van der Waals surface area (Å²) in [6, 6.07) is 14.7. The number of nitrogens with zero attached hydrogens (tertiary/aromatic N) is 4. The zero-order valence-electron chi connectivity index (χ0n) is 17.5. The Hall–Kier alpha value is -1.59. The predicted octanol–water partition coefficient (Wildman–Crippen LogP) is 4.26.